The molecule has 1 N–H and O–H groups in total. The molecule has 0 aliphatic carbocycles. The highest BCUT2D eigenvalue weighted by atomic mass is 16.5. The van der Waals surface area contributed by atoms with Gasteiger partial charge in [-0.05, 0) is 38.4 Å². The molecule has 2 aromatic carbocycles. The lowest BCUT2D eigenvalue weighted by molar-refractivity contribution is -0.117. The second kappa shape index (κ2) is 8.80. The molecule has 0 radical (unpaired) electrons. The number of carbonyl (C=O) groups is 1. The summed E-state index contributed by atoms with van der Waals surface area (Å²) in [7, 11) is 0. The normalized spacial score (nSPS) is 16.3. The Bertz CT molecular complexity index is 1200. The van der Waals surface area contributed by atoms with Gasteiger partial charge in [-0.15, -0.1) is 0 Å². The zero-order chi connectivity index (χ0) is 21.9. The average Bonchev–Trinajstić information content (AvgIpc) is 3.55. The number of carbonyl (C=O) groups excluding carboxylic acids is 1. The molecule has 1 fully saturated rings. The first-order chi connectivity index (χ1) is 15.7. The number of anilines is 1. The molecule has 0 saturated carbocycles. The molecule has 1 atom stereocenters. The van der Waals surface area contributed by atoms with E-state index in [1.54, 1.807) is 4.68 Å². The van der Waals surface area contributed by atoms with Crippen LogP contribution in [0.25, 0.3) is 16.9 Å². The van der Waals surface area contributed by atoms with Crippen LogP contribution in [0.4, 0.5) is 5.82 Å². The van der Waals surface area contributed by atoms with Crippen molar-refractivity contribution in [2.45, 2.75) is 25.8 Å². The number of likely N-dealkylation sites (tertiary alicyclic amines) is 1. The first-order valence-corrected chi connectivity index (χ1v) is 10.9. The molecule has 0 bridgehead atoms. The molecule has 32 heavy (non-hydrogen) atoms. The Balaban J connectivity index is 1.38. The van der Waals surface area contributed by atoms with Crippen molar-refractivity contribution < 1.29 is 9.32 Å². The summed E-state index contributed by atoms with van der Waals surface area (Å²) in [5.41, 5.74) is 3.55. The third kappa shape index (κ3) is 4.20. The SMILES string of the molecule is Cc1cc(C2CCCN2CC(=O)Nc2cc(-c3ccccc3)nn2-c2ccccc2)on1. The molecule has 7 heteroatoms. The van der Waals surface area contributed by atoms with Crippen LogP contribution in [-0.2, 0) is 4.79 Å². The van der Waals surface area contributed by atoms with Crippen LogP contribution in [0, 0.1) is 6.92 Å². The number of para-hydroxylation sites is 1. The molecule has 1 aliphatic heterocycles. The monoisotopic (exact) mass is 427 g/mol. The van der Waals surface area contributed by atoms with Gasteiger partial charge in [0.15, 0.2) is 5.76 Å². The van der Waals surface area contributed by atoms with Crippen molar-refractivity contribution in [3.05, 3.63) is 84.3 Å². The van der Waals surface area contributed by atoms with Crippen LogP contribution >= 0.6 is 0 Å². The van der Waals surface area contributed by atoms with Gasteiger partial charge < -0.3 is 9.84 Å². The summed E-state index contributed by atoms with van der Waals surface area (Å²) in [6, 6.07) is 23.7. The minimum absolute atomic E-state index is 0.0789. The quantitative estimate of drug-likeness (QED) is 0.486. The second-order valence-electron chi connectivity index (χ2n) is 8.08. The van der Waals surface area contributed by atoms with E-state index < -0.39 is 0 Å². The zero-order valence-corrected chi connectivity index (χ0v) is 17.9. The largest absolute Gasteiger partial charge is 0.359 e. The molecule has 3 heterocycles. The fourth-order valence-electron chi connectivity index (χ4n) is 4.23. The van der Waals surface area contributed by atoms with Crippen LogP contribution in [0.3, 0.4) is 0 Å². The van der Waals surface area contributed by atoms with E-state index in [4.69, 9.17) is 9.62 Å². The lowest BCUT2D eigenvalue weighted by Gasteiger charge is -2.21. The van der Waals surface area contributed by atoms with Crippen LogP contribution < -0.4 is 5.32 Å². The summed E-state index contributed by atoms with van der Waals surface area (Å²) >= 11 is 0. The molecular formula is C25H25N5O2. The summed E-state index contributed by atoms with van der Waals surface area (Å²) in [6.07, 6.45) is 1.99. The van der Waals surface area contributed by atoms with Gasteiger partial charge in [0, 0.05) is 17.7 Å². The fourth-order valence-corrected chi connectivity index (χ4v) is 4.23. The van der Waals surface area contributed by atoms with E-state index in [0.717, 1.165) is 47.8 Å². The first kappa shape index (κ1) is 20.2. The molecule has 0 spiro atoms. The van der Waals surface area contributed by atoms with E-state index in [-0.39, 0.29) is 18.5 Å². The molecule has 162 valence electrons. The number of nitrogens with one attached hydrogen (secondary N) is 1. The molecule has 1 amide bonds. The van der Waals surface area contributed by atoms with E-state index in [0.29, 0.717) is 5.82 Å². The minimum Gasteiger partial charge on any atom is -0.359 e. The minimum atomic E-state index is -0.0789. The van der Waals surface area contributed by atoms with Crippen LogP contribution in [0.15, 0.2) is 77.3 Å². The predicted molar refractivity (Wildman–Crippen MR) is 122 cm³/mol. The number of hydrogen-bond acceptors (Lipinski definition) is 5. The Morgan fingerprint density at radius 2 is 1.84 bits per heavy atom. The van der Waals surface area contributed by atoms with Crippen molar-refractivity contribution in [1.82, 2.24) is 19.8 Å². The maximum atomic E-state index is 13.0. The summed E-state index contributed by atoms with van der Waals surface area (Å²) in [5.74, 6) is 1.39. The van der Waals surface area contributed by atoms with Gasteiger partial charge in [-0.2, -0.15) is 5.10 Å². The van der Waals surface area contributed by atoms with Gasteiger partial charge in [-0.3, -0.25) is 9.69 Å². The summed E-state index contributed by atoms with van der Waals surface area (Å²) in [5, 5.41) is 11.8. The number of hydrogen-bond donors (Lipinski definition) is 1. The van der Waals surface area contributed by atoms with Crippen LogP contribution in [0.1, 0.15) is 30.3 Å². The van der Waals surface area contributed by atoms with Gasteiger partial charge in [0.1, 0.15) is 5.82 Å². The van der Waals surface area contributed by atoms with Crippen molar-refractivity contribution in [2.75, 3.05) is 18.4 Å². The first-order valence-electron chi connectivity index (χ1n) is 10.9. The third-order valence-electron chi connectivity index (χ3n) is 5.73. The highest BCUT2D eigenvalue weighted by Gasteiger charge is 2.30. The highest BCUT2D eigenvalue weighted by Crippen LogP contribution is 2.32. The molecule has 1 aliphatic rings. The molecule has 1 saturated heterocycles. The van der Waals surface area contributed by atoms with Gasteiger partial charge >= 0.3 is 0 Å². The van der Waals surface area contributed by atoms with Gasteiger partial charge in [0.2, 0.25) is 5.91 Å². The number of rotatable bonds is 6. The van der Waals surface area contributed by atoms with Gasteiger partial charge in [-0.1, -0.05) is 53.7 Å². The van der Waals surface area contributed by atoms with Crippen LogP contribution in [0.5, 0.6) is 0 Å². The summed E-state index contributed by atoms with van der Waals surface area (Å²) < 4.78 is 7.25. The van der Waals surface area contributed by atoms with Crippen LogP contribution in [-0.4, -0.2) is 38.8 Å². The summed E-state index contributed by atoms with van der Waals surface area (Å²) in [4.78, 5) is 15.2. The summed E-state index contributed by atoms with van der Waals surface area (Å²) in [6.45, 7) is 3.05. The van der Waals surface area contributed by atoms with E-state index in [1.165, 1.54) is 0 Å². The Kier molecular flexibility index (Phi) is 5.56. The topological polar surface area (TPSA) is 76.2 Å². The Labute approximate surface area is 186 Å². The Morgan fingerprint density at radius 1 is 1.09 bits per heavy atom. The number of aromatic nitrogens is 3. The molecule has 1 unspecified atom stereocenters. The zero-order valence-electron chi connectivity index (χ0n) is 17.9. The van der Waals surface area contributed by atoms with Gasteiger partial charge in [0.05, 0.1) is 29.7 Å². The molecule has 7 nitrogen and oxygen atoms in total. The predicted octanol–water partition coefficient (Wildman–Crippen LogP) is 4.61. The van der Waals surface area contributed by atoms with E-state index in [9.17, 15) is 4.79 Å². The van der Waals surface area contributed by atoms with Gasteiger partial charge in [-0.25, -0.2) is 4.68 Å². The smallest absolute Gasteiger partial charge is 0.239 e. The number of amides is 1. The molecule has 4 aromatic rings. The number of aryl methyl sites for hydroxylation is 1. The maximum absolute atomic E-state index is 13.0. The van der Waals surface area contributed by atoms with Crippen molar-refractivity contribution in [3.8, 4) is 16.9 Å². The average molecular weight is 428 g/mol. The highest BCUT2D eigenvalue weighted by molar-refractivity contribution is 5.92. The molecular weight excluding hydrogens is 402 g/mol. The van der Waals surface area contributed by atoms with Gasteiger partial charge in [0.25, 0.3) is 0 Å². The Hall–Kier alpha value is -3.71. The fraction of sp³-hybridized carbons (Fsp3) is 0.240. The van der Waals surface area contributed by atoms with Crippen LogP contribution in [0.2, 0.25) is 0 Å². The van der Waals surface area contributed by atoms with E-state index >= 15 is 0 Å². The van der Waals surface area contributed by atoms with Crippen molar-refractivity contribution >= 4 is 11.7 Å². The standard InChI is InChI=1S/C25H25N5O2/c1-18-15-23(32-28-18)22-13-8-14-29(22)17-25(31)26-24-16-21(19-9-4-2-5-10-19)27-30(24)20-11-6-3-7-12-20/h2-7,9-12,15-16,22H,8,13-14,17H2,1H3,(H,26,31). The molecule has 2 aromatic heterocycles. The number of nitrogens with zero attached hydrogens (tertiary/aromatic N) is 4. The van der Waals surface area contributed by atoms with E-state index in [1.807, 2.05) is 79.7 Å². The lowest BCUT2D eigenvalue weighted by Crippen LogP contribution is -2.33. The Morgan fingerprint density at radius 3 is 2.56 bits per heavy atom. The lowest BCUT2D eigenvalue weighted by atomic mass is 10.1. The number of benzene rings is 2. The van der Waals surface area contributed by atoms with E-state index in [2.05, 4.69) is 15.4 Å². The second-order valence-corrected chi connectivity index (χ2v) is 8.08. The van der Waals surface area contributed by atoms with Crippen molar-refractivity contribution in [3.63, 3.8) is 0 Å². The van der Waals surface area contributed by atoms with Crippen molar-refractivity contribution in [1.29, 1.82) is 0 Å². The van der Waals surface area contributed by atoms with Crippen molar-refractivity contribution in [2.24, 2.45) is 0 Å². The third-order valence-corrected chi connectivity index (χ3v) is 5.73. The molecule has 5 rings (SSSR count). The maximum Gasteiger partial charge on any atom is 0.239 e.